The Bertz CT molecular complexity index is 1260. The number of nitrogens with zero attached hydrogens (tertiary/aromatic N) is 1. The third-order valence-corrected chi connectivity index (χ3v) is 8.53. The molecule has 2 aromatic carbocycles. The van der Waals surface area contributed by atoms with E-state index in [0.717, 1.165) is 4.90 Å². The van der Waals surface area contributed by atoms with Gasteiger partial charge in [-0.1, -0.05) is 18.2 Å². The summed E-state index contributed by atoms with van der Waals surface area (Å²) in [4.78, 5) is 63.8. The second kappa shape index (κ2) is 9.33. The number of Topliss-reactive ketones (excluding diaryl/α,β-unsaturated/α-hetero) is 1. The number of amides is 3. The van der Waals surface area contributed by atoms with Crippen LogP contribution in [0.2, 0.25) is 0 Å². The van der Waals surface area contributed by atoms with Crippen molar-refractivity contribution in [1.29, 1.82) is 0 Å². The standard InChI is InChI=1S/C26H22Cl2N2O6/c1-12(31)13-4-2-6-15(8-13)29-19(32)11-36-26(35)14-5-3-7-16(9-14)30-24(33)20-17-10-18(21(20)25(30)34)23(28)22(17)27/h2-9,17-18,20-23H,10-11H2,1H3,(H,29,32)/t17-,18-,20-,21+,22-,23+/m1/s1. The molecular formula is C26H22Cl2N2O6. The number of hydrogen-bond acceptors (Lipinski definition) is 6. The second-order valence-corrected chi connectivity index (χ2v) is 10.3. The van der Waals surface area contributed by atoms with Crippen LogP contribution in [0.15, 0.2) is 48.5 Å². The number of rotatable bonds is 6. The molecule has 0 unspecified atom stereocenters. The van der Waals surface area contributed by atoms with Gasteiger partial charge >= 0.3 is 5.97 Å². The van der Waals surface area contributed by atoms with Gasteiger partial charge in [-0.15, -0.1) is 23.2 Å². The van der Waals surface area contributed by atoms with E-state index in [1.807, 2.05) is 0 Å². The maximum Gasteiger partial charge on any atom is 0.338 e. The van der Waals surface area contributed by atoms with Crippen molar-refractivity contribution in [3.63, 3.8) is 0 Å². The molecule has 1 saturated heterocycles. The highest BCUT2D eigenvalue weighted by Crippen LogP contribution is 2.59. The van der Waals surface area contributed by atoms with Gasteiger partial charge < -0.3 is 10.1 Å². The molecule has 10 heteroatoms. The number of fused-ring (bicyclic) bond motifs is 5. The molecule has 1 aliphatic heterocycles. The monoisotopic (exact) mass is 528 g/mol. The number of carbonyl (C=O) groups is 5. The first kappa shape index (κ1) is 24.5. The lowest BCUT2D eigenvalue weighted by atomic mass is 9.80. The lowest BCUT2D eigenvalue weighted by Crippen LogP contribution is -2.37. The Hall–Kier alpha value is -3.23. The van der Waals surface area contributed by atoms with Gasteiger partial charge in [-0.3, -0.25) is 24.1 Å². The van der Waals surface area contributed by atoms with Crippen molar-refractivity contribution in [3.8, 4) is 0 Å². The van der Waals surface area contributed by atoms with Gasteiger partial charge in [0.1, 0.15) is 0 Å². The van der Waals surface area contributed by atoms with Gasteiger partial charge in [0.2, 0.25) is 11.8 Å². The van der Waals surface area contributed by atoms with E-state index in [9.17, 15) is 24.0 Å². The van der Waals surface area contributed by atoms with E-state index in [1.54, 1.807) is 24.3 Å². The molecule has 2 bridgehead atoms. The van der Waals surface area contributed by atoms with Crippen molar-refractivity contribution >= 4 is 64.1 Å². The topological polar surface area (TPSA) is 110 Å². The highest BCUT2D eigenvalue weighted by molar-refractivity contribution is 6.32. The average molecular weight is 529 g/mol. The molecule has 6 atom stereocenters. The fraction of sp³-hybridized carbons (Fsp3) is 0.346. The molecule has 3 aliphatic rings. The van der Waals surface area contributed by atoms with Crippen LogP contribution in [-0.2, 0) is 19.1 Å². The first-order valence-corrected chi connectivity index (χ1v) is 12.4. The maximum absolute atomic E-state index is 13.2. The molecule has 1 N–H and O–H groups in total. The van der Waals surface area contributed by atoms with Gasteiger partial charge in [0, 0.05) is 11.3 Å². The quantitative estimate of drug-likeness (QED) is 0.265. The lowest BCUT2D eigenvalue weighted by Gasteiger charge is -2.28. The first-order valence-electron chi connectivity index (χ1n) is 11.5. The first-order chi connectivity index (χ1) is 17.2. The van der Waals surface area contributed by atoms with Gasteiger partial charge in [-0.05, 0) is 55.5 Å². The Kier molecular flexibility index (Phi) is 6.34. The number of hydrogen-bond donors (Lipinski definition) is 1. The van der Waals surface area contributed by atoms with E-state index in [4.69, 9.17) is 27.9 Å². The average Bonchev–Trinajstić information content (AvgIpc) is 3.47. The minimum Gasteiger partial charge on any atom is -0.452 e. The largest absolute Gasteiger partial charge is 0.452 e. The van der Waals surface area contributed by atoms with Gasteiger partial charge in [0.15, 0.2) is 12.4 Å². The van der Waals surface area contributed by atoms with E-state index in [2.05, 4.69) is 5.32 Å². The summed E-state index contributed by atoms with van der Waals surface area (Å²) >= 11 is 12.8. The van der Waals surface area contributed by atoms with Gasteiger partial charge in [0.25, 0.3) is 5.91 Å². The summed E-state index contributed by atoms with van der Waals surface area (Å²) in [6, 6.07) is 12.4. The van der Waals surface area contributed by atoms with Gasteiger partial charge in [-0.2, -0.15) is 0 Å². The van der Waals surface area contributed by atoms with Crippen LogP contribution >= 0.6 is 23.2 Å². The molecule has 3 amide bonds. The molecule has 0 radical (unpaired) electrons. The molecule has 2 aromatic rings. The molecule has 2 saturated carbocycles. The van der Waals surface area contributed by atoms with Crippen LogP contribution in [0.3, 0.4) is 0 Å². The van der Waals surface area contributed by atoms with Crippen molar-refractivity contribution in [1.82, 2.24) is 0 Å². The smallest absolute Gasteiger partial charge is 0.338 e. The van der Waals surface area contributed by atoms with E-state index in [-0.39, 0.29) is 51.4 Å². The molecule has 5 rings (SSSR count). The lowest BCUT2D eigenvalue weighted by molar-refractivity contribution is -0.123. The minimum atomic E-state index is -0.787. The van der Waals surface area contributed by atoms with Gasteiger partial charge in [-0.25, -0.2) is 4.79 Å². The summed E-state index contributed by atoms with van der Waals surface area (Å²) in [5.74, 6) is -3.46. The Balaban J connectivity index is 1.25. The predicted octanol–water partition coefficient (Wildman–Crippen LogP) is 3.65. The van der Waals surface area contributed by atoms with Crippen LogP contribution in [0.1, 0.15) is 34.1 Å². The Morgan fingerprint density at radius 2 is 1.56 bits per heavy atom. The highest BCUT2D eigenvalue weighted by atomic mass is 35.5. The zero-order valence-electron chi connectivity index (χ0n) is 19.1. The number of ketones is 1. The van der Waals surface area contributed by atoms with Crippen LogP contribution in [-0.4, -0.2) is 46.8 Å². The van der Waals surface area contributed by atoms with Crippen molar-refractivity contribution in [2.45, 2.75) is 24.1 Å². The SMILES string of the molecule is CC(=O)c1cccc(NC(=O)COC(=O)c2cccc(N3C(=O)[C@@H]4[C@H]5C[C@@H]([C@H](Cl)[C@@H]5Cl)[C@@H]4C3=O)c2)c1. The number of ether oxygens (including phenoxy) is 1. The number of anilines is 2. The number of alkyl halides is 2. The third kappa shape index (κ3) is 4.08. The van der Waals surface area contributed by atoms with E-state index < -0.39 is 30.3 Å². The Morgan fingerprint density at radius 1 is 0.944 bits per heavy atom. The number of carbonyl (C=O) groups excluding carboxylic acids is 5. The molecule has 8 nitrogen and oxygen atoms in total. The van der Waals surface area contributed by atoms with E-state index >= 15 is 0 Å². The molecule has 3 fully saturated rings. The zero-order chi connectivity index (χ0) is 25.7. The van der Waals surface area contributed by atoms with Crippen molar-refractivity contribution in [2.75, 3.05) is 16.8 Å². The number of nitrogens with one attached hydrogen (secondary N) is 1. The Labute approximate surface area is 216 Å². The number of imide groups is 1. The summed E-state index contributed by atoms with van der Waals surface area (Å²) < 4.78 is 5.12. The molecule has 36 heavy (non-hydrogen) atoms. The molecule has 186 valence electrons. The number of esters is 1. The molecule has 0 spiro atoms. The fourth-order valence-electron chi connectivity index (χ4n) is 5.60. The van der Waals surface area contributed by atoms with Crippen LogP contribution < -0.4 is 10.2 Å². The second-order valence-electron chi connectivity index (χ2n) is 9.33. The highest BCUT2D eigenvalue weighted by Gasteiger charge is 2.66. The fourth-order valence-corrected chi connectivity index (χ4v) is 6.50. The molecule has 0 aromatic heterocycles. The predicted molar refractivity (Wildman–Crippen MR) is 132 cm³/mol. The number of benzene rings is 2. The Morgan fingerprint density at radius 3 is 2.19 bits per heavy atom. The van der Waals surface area contributed by atoms with Crippen LogP contribution in [0.4, 0.5) is 11.4 Å². The van der Waals surface area contributed by atoms with Crippen molar-refractivity contribution in [3.05, 3.63) is 59.7 Å². The minimum absolute atomic E-state index is 0.0879. The summed E-state index contributed by atoms with van der Waals surface area (Å²) in [5, 5.41) is 1.86. The summed E-state index contributed by atoms with van der Waals surface area (Å²) in [6.07, 6.45) is 0.663. The van der Waals surface area contributed by atoms with Crippen molar-refractivity contribution < 1.29 is 28.7 Å². The van der Waals surface area contributed by atoms with E-state index in [1.165, 1.54) is 31.2 Å². The van der Waals surface area contributed by atoms with Gasteiger partial charge in [0.05, 0.1) is 33.8 Å². The summed E-state index contributed by atoms with van der Waals surface area (Å²) in [6.45, 7) is 0.858. The number of halogens is 2. The maximum atomic E-state index is 13.2. The molecular weight excluding hydrogens is 507 g/mol. The van der Waals surface area contributed by atoms with Crippen LogP contribution in [0.5, 0.6) is 0 Å². The van der Waals surface area contributed by atoms with Crippen molar-refractivity contribution in [2.24, 2.45) is 23.7 Å². The molecule has 1 heterocycles. The zero-order valence-corrected chi connectivity index (χ0v) is 20.7. The summed E-state index contributed by atoms with van der Waals surface area (Å²) in [5.41, 5.74) is 1.18. The van der Waals surface area contributed by atoms with Crippen LogP contribution in [0.25, 0.3) is 0 Å². The third-order valence-electron chi connectivity index (χ3n) is 7.21. The summed E-state index contributed by atoms with van der Waals surface area (Å²) in [7, 11) is 0. The molecule has 2 aliphatic carbocycles. The van der Waals surface area contributed by atoms with Crippen LogP contribution in [0, 0.1) is 23.7 Å². The normalized spacial score (nSPS) is 28.2. The van der Waals surface area contributed by atoms with E-state index in [0.29, 0.717) is 17.7 Å².